The lowest BCUT2D eigenvalue weighted by Gasteiger charge is -2.39. The lowest BCUT2D eigenvalue weighted by molar-refractivity contribution is -0.149. The molecule has 0 aliphatic carbocycles. The molecule has 5 nitrogen and oxygen atoms in total. The largest absolute Gasteiger partial charge is 0.466 e. The van der Waals surface area contributed by atoms with Crippen molar-refractivity contribution in [1.82, 2.24) is 4.90 Å². The molecule has 0 unspecified atom stereocenters. The standard InChI is InChI=1S/C24H28N2O3S/c1-2-29-24(28)19-12-14-25(15-13-19)16-23(27)26-20-10-6-7-11-22(20)30-17-21(26)18-8-4-3-5-9-18/h3-11,19,21H,2,12-17H2,1H3/t21-/m1/s1. The predicted molar refractivity (Wildman–Crippen MR) is 120 cm³/mol. The van der Waals surface area contributed by atoms with E-state index in [4.69, 9.17) is 4.74 Å². The predicted octanol–water partition coefficient (Wildman–Crippen LogP) is 4.14. The number of anilines is 1. The number of esters is 1. The van der Waals surface area contributed by atoms with Gasteiger partial charge in [0.2, 0.25) is 5.91 Å². The number of benzene rings is 2. The first kappa shape index (κ1) is 20.9. The normalized spacial score (nSPS) is 19.9. The topological polar surface area (TPSA) is 49.9 Å². The molecule has 0 spiro atoms. The summed E-state index contributed by atoms with van der Waals surface area (Å²) in [6.07, 6.45) is 1.50. The van der Waals surface area contributed by atoms with Gasteiger partial charge in [-0.3, -0.25) is 14.5 Å². The average molecular weight is 425 g/mol. The number of nitrogens with zero attached hydrogens (tertiary/aromatic N) is 2. The Kier molecular flexibility index (Phi) is 6.75. The molecule has 4 rings (SSSR count). The van der Waals surface area contributed by atoms with E-state index in [1.165, 1.54) is 0 Å². The highest BCUT2D eigenvalue weighted by Gasteiger charge is 2.34. The minimum atomic E-state index is -0.102. The van der Waals surface area contributed by atoms with E-state index in [0.717, 1.165) is 47.8 Å². The molecular formula is C24H28N2O3S. The van der Waals surface area contributed by atoms with Crippen molar-refractivity contribution >= 4 is 29.3 Å². The monoisotopic (exact) mass is 424 g/mol. The van der Waals surface area contributed by atoms with Gasteiger partial charge in [0.05, 0.1) is 30.8 Å². The second kappa shape index (κ2) is 9.67. The molecule has 0 N–H and O–H groups in total. The number of hydrogen-bond donors (Lipinski definition) is 0. The molecule has 2 aromatic rings. The van der Waals surface area contributed by atoms with Gasteiger partial charge in [-0.2, -0.15) is 0 Å². The first-order valence-corrected chi connectivity index (χ1v) is 11.6. The first-order chi connectivity index (χ1) is 14.7. The van der Waals surface area contributed by atoms with Crippen molar-refractivity contribution in [2.24, 2.45) is 5.92 Å². The van der Waals surface area contributed by atoms with Gasteiger partial charge in [0, 0.05) is 10.6 Å². The fourth-order valence-electron chi connectivity index (χ4n) is 4.27. The van der Waals surface area contributed by atoms with Crippen LogP contribution in [0.25, 0.3) is 0 Å². The van der Waals surface area contributed by atoms with Gasteiger partial charge in [-0.25, -0.2) is 0 Å². The molecule has 0 bridgehead atoms. The zero-order chi connectivity index (χ0) is 20.9. The van der Waals surface area contributed by atoms with Crippen LogP contribution >= 0.6 is 11.8 Å². The van der Waals surface area contributed by atoms with Gasteiger partial charge in [0.1, 0.15) is 0 Å². The average Bonchev–Trinajstić information content (AvgIpc) is 2.79. The molecular weight excluding hydrogens is 396 g/mol. The van der Waals surface area contributed by atoms with Gasteiger partial charge < -0.3 is 9.64 Å². The SMILES string of the molecule is CCOC(=O)C1CCN(CC(=O)N2c3ccccc3SC[C@@H]2c2ccccc2)CC1. The third-order valence-corrected chi connectivity index (χ3v) is 6.99. The van der Waals surface area contributed by atoms with Crippen LogP contribution in [0.4, 0.5) is 5.69 Å². The smallest absolute Gasteiger partial charge is 0.309 e. The maximum atomic E-state index is 13.5. The van der Waals surface area contributed by atoms with Gasteiger partial charge in [-0.1, -0.05) is 42.5 Å². The van der Waals surface area contributed by atoms with Crippen molar-refractivity contribution in [1.29, 1.82) is 0 Å². The van der Waals surface area contributed by atoms with Gasteiger partial charge in [-0.05, 0) is 50.6 Å². The second-order valence-corrected chi connectivity index (χ2v) is 8.83. The number of fused-ring (bicyclic) bond motifs is 1. The number of carbonyl (C=O) groups is 2. The molecule has 2 aliphatic rings. The molecule has 158 valence electrons. The number of hydrogen-bond acceptors (Lipinski definition) is 5. The summed E-state index contributed by atoms with van der Waals surface area (Å²) in [5.41, 5.74) is 2.16. The van der Waals surface area contributed by atoms with Crippen molar-refractivity contribution in [2.45, 2.75) is 30.7 Å². The summed E-state index contributed by atoms with van der Waals surface area (Å²) in [6, 6.07) is 18.5. The lowest BCUT2D eigenvalue weighted by atomic mass is 9.97. The van der Waals surface area contributed by atoms with Crippen molar-refractivity contribution in [2.75, 3.05) is 36.9 Å². The molecule has 0 aromatic heterocycles. The number of ether oxygens (including phenoxy) is 1. The third kappa shape index (κ3) is 4.55. The Morgan fingerprint density at radius 2 is 1.73 bits per heavy atom. The maximum absolute atomic E-state index is 13.5. The summed E-state index contributed by atoms with van der Waals surface area (Å²) in [5.74, 6) is 0.818. The van der Waals surface area contributed by atoms with E-state index in [2.05, 4.69) is 23.1 Å². The van der Waals surface area contributed by atoms with Crippen LogP contribution in [0, 0.1) is 5.92 Å². The Bertz CT molecular complexity index is 881. The highest BCUT2D eigenvalue weighted by Crippen LogP contribution is 2.43. The molecule has 1 amide bonds. The number of para-hydroxylation sites is 1. The zero-order valence-corrected chi connectivity index (χ0v) is 18.1. The molecule has 0 radical (unpaired) electrons. The lowest BCUT2D eigenvalue weighted by Crippen LogP contribution is -2.47. The third-order valence-electron chi connectivity index (χ3n) is 5.85. The molecule has 2 heterocycles. The van der Waals surface area contributed by atoms with Gasteiger partial charge in [-0.15, -0.1) is 11.8 Å². The quantitative estimate of drug-likeness (QED) is 0.675. The molecule has 1 fully saturated rings. The maximum Gasteiger partial charge on any atom is 0.309 e. The number of amides is 1. The molecule has 0 saturated carbocycles. The van der Waals surface area contributed by atoms with Crippen LogP contribution in [0.15, 0.2) is 59.5 Å². The number of carbonyl (C=O) groups excluding carboxylic acids is 2. The van der Waals surface area contributed by atoms with E-state index >= 15 is 0 Å². The van der Waals surface area contributed by atoms with E-state index in [1.807, 2.05) is 60.0 Å². The van der Waals surface area contributed by atoms with Crippen LogP contribution in [-0.2, 0) is 14.3 Å². The summed E-state index contributed by atoms with van der Waals surface area (Å²) in [6.45, 7) is 4.12. The van der Waals surface area contributed by atoms with Crippen molar-refractivity contribution in [3.63, 3.8) is 0 Å². The second-order valence-electron chi connectivity index (χ2n) is 7.77. The van der Waals surface area contributed by atoms with Gasteiger partial charge >= 0.3 is 5.97 Å². The summed E-state index contributed by atoms with van der Waals surface area (Å²) >= 11 is 1.81. The van der Waals surface area contributed by atoms with Crippen LogP contribution in [0.1, 0.15) is 31.4 Å². The number of thioether (sulfide) groups is 1. The van der Waals surface area contributed by atoms with Crippen LogP contribution in [0.3, 0.4) is 0 Å². The van der Waals surface area contributed by atoms with Crippen LogP contribution in [-0.4, -0.2) is 48.8 Å². The summed E-state index contributed by atoms with van der Waals surface area (Å²) < 4.78 is 5.16. The minimum absolute atomic E-state index is 0.0238. The Morgan fingerprint density at radius 1 is 1.03 bits per heavy atom. The summed E-state index contributed by atoms with van der Waals surface area (Å²) in [7, 11) is 0. The Balaban J connectivity index is 1.49. The van der Waals surface area contributed by atoms with E-state index in [9.17, 15) is 9.59 Å². The zero-order valence-electron chi connectivity index (χ0n) is 17.3. The summed E-state index contributed by atoms with van der Waals surface area (Å²) in [4.78, 5) is 30.8. The molecule has 2 aliphatic heterocycles. The Hall–Kier alpha value is -2.31. The number of likely N-dealkylation sites (tertiary alicyclic amines) is 1. The fourth-order valence-corrected chi connectivity index (χ4v) is 5.44. The Morgan fingerprint density at radius 3 is 2.47 bits per heavy atom. The van der Waals surface area contributed by atoms with Crippen molar-refractivity contribution in [3.05, 3.63) is 60.2 Å². The fraction of sp³-hybridized carbons (Fsp3) is 0.417. The van der Waals surface area contributed by atoms with Gasteiger partial charge in [0.25, 0.3) is 0 Å². The number of piperidine rings is 1. The van der Waals surface area contributed by atoms with E-state index < -0.39 is 0 Å². The molecule has 2 aromatic carbocycles. The molecule has 1 saturated heterocycles. The van der Waals surface area contributed by atoms with Crippen molar-refractivity contribution < 1.29 is 14.3 Å². The van der Waals surface area contributed by atoms with E-state index in [0.29, 0.717) is 13.2 Å². The van der Waals surface area contributed by atoms with Crippen molar-refractivity contribution in [3.8, 4) is 0 Å². The van der Waals surface area contributed by atoms with Gasteiger partial charge in [0.15, 0.2) is 0 Å². The number of rotatable bonds is 5. The van der Waals surface area contributed by atoms with Crippen LogP contribution in [0.5, 0.6) is 0 Å². The molecule has 30 heavy (non-hydrogen) atoms. The molecule has 1 atom stereocenters. The van der Waals surface area contributed by atoms with Crippen LogP contribution < -0.4 is 4.90 Å². The summed E-state index contributed by atoms with van der Waals surface area (Å²) in [5, 5.41) is 0. The Labute approximate surface area is 182 Å². The first-order valence-electron chi connectivity index (χ1n) is 10.6. The highest BCUT2D eigenvalue weighted by atomic mass is 32.2. The minimum Gasteiger partial charge on any atom is -0.466 e. The van der Waals surface area contributed by atoms with E-state index in [-0.39, 0.29) is 23.8 Å². The van der Waals surface area contributed by atoms with E-state index in [1.54, 1.807) is 0 Å². The van der Waals surface area contributed by atoms with Crippen LogP contribution in [0.2, 0.25) is 0 Å². The molecule has 6 heteroatoms. The highest BCUT2D eigenvalue weighted by molar-refractivity contribution is 7.99.